The van der Waals surface area contributed by atoms with Gasteiger partial charge in [0.05, 0.1) is 17.2 Å². The molecule has 0 aliphatic heterocycles. The van der Waals surface area contributed by atoms with Crippen LogP contribution in [-0.2, 0) is 11.3 Å². The number of halogens is 2. The summed E-state index contributed by atoms with van der Waals surface area (Å²) in [5, 5.41) is 12.4. The van der Waals surface area contributed by atoms with Gasteiger partial charge in [0.25, 0.3) is 5.91 Å². The van der Waals surface area contributed by atoms with Crippen LogP contribution in [0.25, 0.3) is 11.8 Å². The molecule has 0 atom stereocenters. The minimum atomic E-state index is -0.255. The summed E-state index contributed by atoms with van der Waals surface area (Å²) < 4.78 is 6.67. The van der Waals surface area contributed by atoms with Crippen molar-refractivity contribution in [2.24, 2.45) is 0 Å². The Kier molecular flexibility index (Phi) is 6.51. The van der Waals surface area contributed by atoms with E-state index >= 15 is 0 Å². The number of ether oxygens (including phenoxy) is 1. The highest BCUT2D eigenvalue weighted by atomic mass is 35.5. The minimum absolute atomic E-state index is 0.255. The van der Waals surface area contributed by atoms with Crippen LogP contribution < -0.4 is 4.74 Å². The number of benzene rings is 2. The molecule has 1 aromatic heterocycles. The third kappa shape index (κ3) is 4.93. The predicted octanol–water partition coefficient (Wildman–Crippen LogP) is 3.95. The lowest BCUT2D eigenvalue weighted by atomic mass is 10.1. The fourth-order valence-corrected chi connectivity index (χ4v) is 3.06. The van der Waals surface area contributed by atoms with E-state index in [0.29, 0.717) is 33.9 Å². The van der Waals surface area contributed by atoms with Gasteiger partial charge >= 0.3 is 0 Å². The average molecular weight is 432 g/mol. The largest absolute Gasteiger partial charge is 0.497 e. The molecule has 2 aromatic carbocycles. The van der Waals surface area contributed by atoms with E-state index in [1.165, 1.54) is 4.68 Å². The standard InChI is InChI=1S/C20H19Cl2N5O2/c1-13-23-24-25-27(13)19(11-14-5-4-6-16(9-14)29-3)20(28)26(2)12-15-7-8-17(21)18(22)10-15/h4-11H,12H2,1-3H3/b19-11-. The van der Waals surface area contributed by atoms with Crippen molar-refractivity contribution in [3.05, 3.63) is 69.5 Å². The SMILES string of the molecule is COc1cccc(/C=C(/C(=O)N(C)Cc2ccc(Cl)c(Cl)c2)n2nnnc2C)c1. The number of carbonyl (C=O) groups excluding carboxylic acids is 1. The number of carbonyl (C=O) groups is 1. The molecule has 3 rings (SSSR count). The molecule has 0 aliphatic carbocycles. The monoisotopic (exact) mass is 431 g/mol. The van der Waals surface area contributed by atoms with Gasteiger partial charge in [-0.25, -0.2) is 0 Å². The first-order valence-electron chi connectivity index (χ1n) is 8.69. The van der Waals surface area contributed by atoms with Crippen LogP contribution in [-0.4, -0.2) is 45.2 Å². The molecule has 0 bridgehead atoms. The van der Waals surface area contributed by atoms with Crippen molar-refractivity contribution in [2.75, 3.05) is 14.2 Å². The van der Waals surface area contributed by atoms with Crippen LogP contribution in [0.15, 0.2) is 42.5 Å². The van der Waals surface area contributed by atoms with Crippen LogP contribution >= 0.6 is 23.2 Å². The maximum Gasteiger partial charge on any atom is 0.272 e. The molecule has 1 heterocycles. The maximum absolute atomic E-state index is 13.3. The van der Waals surface area contributed by atoms with Gasteiger partial charge in [-0.2, -0.15) is 4.68 Å². The molecule has 0 radical (unpaired) electrons. The van der Waals surface area contributed by atoms with Crippen molar-refractivity contribution in [1.82, 2.24) is 25.1 Å². The Bertz CT molecular complexity index is 1060. The van der Waals surface area contributed by atoms with Gasteiger partial charge in [0.2, 0.25) is 0 Å². The van der Waals surface area contributed by atoms with E-state index < -0.39 is 0 Å². The van der Waals surface area contributed by atoms with E-state index in [0.717, 1.165) is 11.1 Å². The molecule has 0 spiro atoms. The fraction of sp³-hybridized carbons (Fsp3) is 0.200. The van der Waals surface area contributed by atoms with E-state index in [1.54, 1.807) is 44.2 Å². The van der Waals surface area contributed by atoms with E-state index in [1.807, 2.05) is 30.3 Å². The highest BCUT2D eigenvalue weighted by Gasteiger charge is 2.20. The van der Waals surface area contributed by atoms with Crippen LogP contribution in [0.3, 0.4) is 0 Å². The molecule has 0 saturated heterocycles. The molecule has 0 N–H and O–H groups in total. The van der Waals surface area contributed by atoms with Crippen LogP contribution in [0.2, 0.25) is 10.0 Å². The Balaban J connectivity index is 1.94. The lowest BCUT2D eigenvalue weighted by molar-refractivity contribution is -0.124. The lowest BCUT2D eigenvalue weighted by Crippen LogP contribution is -2.29. The normalized spacial score (nSPS) is 11.4. The number of nitrogens with zero attached hydrogens (tertiary/aromatic N) is 5. The molecule has 0 aliphatic rings. The number of likely N-dealkylation sites (N-methyl/N-ethyl adjacent to an activating group) is 1. The quantitative estimate of drug-likeness (QED) is 0.552. The second-order valence-corrected chi connectivity index (χ2v) is 7.17. The summed E-state index contributed by atoms with van der Waals surface area (Å²) in [5.74, 6) is 0.924. The van der Waals surface area contributed by atoms with Gasteiger partial charge in [-0.1, -0.05) is 41.4 Å². The Morgan fingerprint density at radius 2 is 2.00 bits per heavy atom. The molecule has 1 amide bonds. The smallest absolute Gasteiger partial charge is 0.272 e. The molecular weight excluding hydrogens is 413 g/mol. The number of rotatable bonds is 6. The second kappa shape index (κ2) is 9.07. The molecule has 0 fully saturated rings. The maximum atomic E-state index is 13.3. The van der Waals surface area contributed by atoms with Gasteiger partial charge in [-0.3, -0.25) is 4.79 Å². The Morgan fingerprint density at radius 1 is 1.21 bits per heavy atom. The van der Waals surface area contributed by atoms with Gasteiger partial charge in [-0.05, 0) is 58.8 Å². The number of methoxy groups -OCH3 is 1. The third-order valence-electron chi connectivity index (χ3n) is 4.22. The summed E-state index contributed by atoms with van der Waals surface area (Å²) in [4.78, 5) is 14.8. The van der Waals surface area contributed by atoms with Crippen LogP contribution in [0.4, 0.5) is 0 Å². The van der Waals surface area contributed by atoms with Crippen molar-refractivity contribution in [3.63, 3.8) is 0 Å². The number of hydrogen-bond acceptors (Lipinski definition) is 5. The fourth-order valence-electron chi connectivity index (χ4n) is 2.74. The van der Waals surface area contributed by atoms with E-state index in [-0.39, 0.29) is 5.91 Å². The Hall–Kier alpha value is -2.90. The van der Waals surface area contributed by atoms with E-state index in [2.05, 4.69) is 15.5 Å². The second-order valence-electron chi connectivity index (χ2n) is 6.35. The first kappa shape index (κ1) is 20.8. The zero-order chi connectivity index (χ0) is 21.0. The molecule has 3 aromatic rings. The van der Waals surface area contributed by atoms with Crippen LogP contribution in [0.1, 0.15) is 17.0 Å². The van der Waals surface area contributed by atoms with E-state index in [9.17, 15) is 4.79 Å². The molecular formula is C20H19Cl2N5O2. The zero-order valence-electron chi connectivity index (χ0n) is 16.1. The average Bonchev–Trinajstić information content (AvgIpc) is 3.14. The van der Waals surface area contributed by atoms with Crippen LogP contribution in [0, 0.1) is 6.92 Å². The van der Waals surface area contributed by atoms with Gasteiger partial charge in [-0.15, -0.1) is 5.10 Å². The van der Waals surface area contributed by atoms with Crippen molar-refractivity contribution < 1.29 is 9.53 Å². The van der Waals surface area contributed by atoms with Gasteiger partial charge < -0.3 is 9.64 Å². The van der Waals surface area contributed by atoms with E-state index in [4.69, 9.17) is 27.9 Å². The number of tetrazole rings is 1. The first-order chi connectivity index (χ1) is 13.9. The number of aryl methyl sites for hydroxylation is 1. The first-order valence-corrected chi connectivity index (χ1v) is 9.45. The van der Waals surface area contributed by atoms with Crippen LogP contribution in [0.5, 0.6) is 5.75 Å². The zero-order valence-corrected chi connectivity index (χ0v) is 17.6. The molecule has 9 heteroatoms. The van der Waals surface area contributed by atoms with Crippen molar-refractivity contribution >= 4 is 40.9 Å². The van der Waals surface area contributed by atoms with Gasteiger partial charge in [0.15, 0.2) is 5.82 Å². The molecule has 0 saturated carbocycles. The number of hydrogen-bond donors (Lipinski definition) is 0. The summed E-state index contributed by atoms with van der Waals surface area (Å²) >= 11 is 12.1. The minimum Gasteiger partial charge on any atom is -0.497 e. The lowest BCUT2D eigenvalue weighted by Gasteiger charge is -2.19. The summed E-state index contributed by atoms with van der Waals surface area (Å²) in [5.41, 5.74) is 1.94. The topological polar surface area (TPSA) is 73.1 Å². The Morgan fingerprint density at radius 3 is 2.66 bits per heavy atom. The van der Waals surface area contributed by atoms with Crippen molar-refractivity contribution in [1.29, 1.82) is 0 Å². The Labute approximate surface area is 178 Å². The molecule has 29 heavy (non-hydrogen) atoms. The summed E-state index contributed by atoms with van der Waals surface area (Å²) in [6.45, 7) is 2.07. The van der Waals surface area contributed by atoms with Crippen molar-refractivity contribution in [2.45, 2.75) is 13.5 Å². The predicted molar refractivity (Wildman–Crippen MR) is 113 cm³/mol. The molecule has 0 unspecified atom stereocenters. The highest BCUT2D eigenvalue weighted by Crippen LogP contribution is 2.24. The van der Waals surface area contributed by atoms with Gasteiger partial charge in [0.1, 0.15) is 11.4 Å². The molecule has 7 nitrogen and oxygen atoms in total. The number of aromatic nitrogens is 4. The summed E-state index contributed by atoms with van der Waals surface area (Å²) in [6.07, 6.45) is 1.72. The summed E-state index contributed by atoms with van der Waals surface area (Å²) in [6, 6.07) is 12.6. The van der Waals surface area contributed by atoms with Crippen molar-refractivity contribution in [3.8, 4) is 5.75 Å². The van der Waals surface area contributed by atoms with Gasteiger partial charge in [0, 0.05) is 13.6 Å². The number of amides is 1. The molecule has 150 valence electrons. The third-order valence-corrected chi connectivity index (χ3v) is 4.96. The highest BCUT2D eigenvalue weighted by molar-refractivity contribution is 6.42. The summed E-state index contributed by atoms with van der Waals surface area (Å²) in [7, 11) is 3.29.